The summed E-state index contributed by atoms with van der Waals surface area (Å²) in [6.07, 6.45) is 1.81. The van der Waals surface area contributed by atoms with Gasteiger partial charge in [0, 0.05) is 31.9 Å². The topological polar surface area (TPSA) is 90.0 Å². The molecule has 6 nitrogen and oxygen atoms in total. The molecule has 0 amide bonds. The van der Waals surface area contributed by atoms with Gasteiger partial charge >= 0.3 is 0 Å². The predicted molar refractivity (Wildman–Crippen MR) is 81.0 cm³/mol. The van der Waals surface area contributed by atoms with Gasteiger partial charge in [0.1, 0.15) is 0 Å². The molecular weight excluding hydrogens is 288 g/mol. The van der Waals surface area contributed by atoms with Crippen molar-refractivity contribution in [3.05, 3.63) is 46.8 Å². The number of aromatic nitrogens is 2. The van der Waals surface area contributed by atoms with Crippen LogP contribution in [0.15, 0.2) is 29.3 Å². The largest absolute Gasteiger partial charge is 0.326 e. The fourth-order valence-electron chi connectivity index (χ4n) is 2.14. The van der Waals surface area contributed by atoms with E-state index in [2.05, 4.69) is 9.82 Å². The number of sulfonamides is 1. The van der Waals surface area contributed by atoms with Gasteiger partial charge in [-0.2, -0.15) is 5.10 Å². The standard InChI is InChI=1S/C14H20N4O2S/c1-10-6-14(5-4-12(10)7-15)21(19,20)16-8-13-9-18(3)17-11(13)2/h4-6,9,16H,7-8,15H2,1-3H3. The quantitative estimate of drug-likeness (QED) is 0.861. The highest BCUT2D eigenvalue weighted by atomic mass is 32.2. The van der Waals surface area contributed by atoms with Gasteiger partial charge in [-0.25, -0.2) is 13.1 Å². The molecule has 0 aliphatic carbocycles. The number of hydrogen-bond acceptors (Lipinski definition) is 4. The fourth-order valence-corrected chi connectivity index (χ4v) is 3.23. The zero-order chi connectivity index (χ0) is 15.6. The number of benzene rings is 1. The van der Waals surface area contributed by atoms with E-state index in [9.17, 15) is 8.42 Å². The van der Waals surface area contributed by atoms with Crippen LogP contribution in [0.4, 0.5) is 0 Å². The Morgan fingerprint density at radius 2 is 2.00 bits per heavy atom. The van der Waals surface area contributed by atoms with Crippen LogP contribution in [0.5, 0.6) is 0 Å². The van der Waals surface area contributed by atoms with Crippen LogP contribution in [0.1, 0.15) is 22.4 Å². The highest BCUT2D eigenvalue weighted by Crippen LogP contribution is 2.16. The van der Waals surface area contributed by atoms with Gasteiger partial charge in [0.15, 0.2) is 0 Å². The van der Waals surface area contributed by atoms with Crippen LogP contribution in [0, 0.1) is 13.8 Å². The summed E-state index contributed by atoms with van der Waals surface area (Å²) in [5.74, 6) is 0. The number of rotatable bonds is 5. The van der Waals surface area contributed by atoms with Crippen molar-refractivity contribution >= 4 is 10.0 Å². The van der Waals surface area contributed by atoms with Crippen molar-refractivity contribution in [2.75, 3.05) is 0 Å². The Balaban J connectivity index is 2.18. The van der Waals surface area contributed by atoms with Crippen LogP contribution in [0.3, 0.4) is 0 Å². The zero-order valence-corrected chi connectivity index (χ0v) is 13.2. The van der Waals surface area contributed by atoms with E-state index in [1.807, 2.05) is 13.8 Å². The maximum Gasteiger partial charge on any atom is 0.240 e. The lowest BCUT2D eigenvalue weighted by atomic mass is 10.1. The summed E-state index contributed by atoms with van der Waals surface area (Å²) in [6, 6.07) is 4.97. The van der Waals surface area contributed by atoms with Crippen molar-refractivity contribution < 1.29 is 8.42 Å². The normalized spacial score (nSPS) is 11.8. The smallest absolute Gasteiger partial charge is 0.240 e. The summed E-state index contributed by atoms with van der Waals surface area (Å²) in [4.78, 5) is 0.249. The molecule has 3 N–H and O–H groups in total. The first kappa shape index (κ1) is 15.7. The highest BCUT2D eigenvalue weighted by Gasteiger charge is 2.15. The summed E-state index contributed by atoms with van der Waals surface area (Å²) in [5, 5.41) is 4.19. The summed E-state index contributed by atoms with van der Waals surface area (Å²) >= 11 is 0. The van der Waals surface area contributed by atoms with E-state index >= 15 is 0 Å². The molecule has 0 saturated carbocycles. The Bertz CT molecular complexity index is 750. The lowest BCUT2D eigenvalue weighted by molar-refractivity contribution is 0.581. The molecule has 0 aliphatic heterocycles. The van der Waals surface area contributed by atoms with E-state index in [0.29, 0.717) is 6.54 Å². The summed E-state index contributed by atoms with van der Waals surface area (Å²) in [7, 11) is -1.74. The maximum absolute atomic E-state index is 12.3. The van der Waals surface area contributed by atoms with Crippen molar-refractivity contribution in [1.82, 2.24) is 14.5 Å². The third-order valence-electron chi connectivity index (χ3n) is 3.41. The van der Waals surface area contributed by atoms with Gasteiger partial charge in [-0.05, 0) is 37.1 Å². The van der Waals surface area contributed by atoms with Gasteiger partial charge < -0.3 is 5.73 Å². The first-order chi connectivity index (χ1) is 9.83. The Kier molecular flexibility index (Phi) is 4.46. The monoisotopic (exact) mass is 308 g/mol. The summed E-state index contributed by atoms with van der Waals surface area (Å²) < 4.78 is 28.9. The van der Waals surface area contributed by atoms with Gasteiger partial charge in [0.2, 0.25) is 10.0 Å². The summed E-state index contributed by atoms with van der Waals surface area (Å²) in [5.41, 5.74) is 9.08. The van der Waals surface area contributed by atoms with Gasteiger partial charge in [-0.3, -0.25) is 4.68 Å². The second kappa shape index (κ2) is 5.97. The van der Waals surface area contributed by atoms with Gasteiger partial charge in [-0.15, -0.1) is 0 Å². The zero-order valence-electron chi connectivity index (χ0n) is 12.4. The predicted octanol–water partition coefficient (Wildman–Crippen LogP) is 0.974. The van der Waals surface area contributed by atoms with E-state index in [1.54, 1.807) is 36.1 Å². The molecule has 0 radical (unpaired) electrons. The fraction of sp³-hybridized carbons (Fsp3) is 0.357. The minimum Gasteiger partial charge on any atom is -0.326 e. The van der Waals surface area contributed by atoms with Crippen molar-refractivity contribution in [3.63, 3.8) is 0 Å². The first-order valence-corrected chi connectivity index (χ1v) is 8.10. The van der Waals surface area contributed by atoms with Crippen LogP contribution in [0.25, 0.3) is 0 Å². The van der Waals surface area contributed by atoms with Crippen LogP contribution in [0.2, 0.25) is 0 Å². The molecule has 0 unspecified atom stereocenters. The molecule has 1 aromatic heterocycles. The molecule has 0 fully saturated rings. The first-order valence-electron chi connectivity index (χ1n) is 6.62. The molecule has 0 spiro atoms. The Morgan fingerprint density at radius 3 is 2.52 bits per heavy atom. The van der Waals surface area contributed by atoms with Gasteiger partial charge in [0.25, 0.3) is 0 Å². The van der Waals surface area contributed by atoms with Gasteiger partial charge in [-0.1, -0.05) is 6.07 Å². The van der Waals surface area contributed by atoms with Crippen LogP contribution in [-0.2, 0) is 30.2 Å². The molecule has 0 bridgehead atoms. The van der Waals surface area contributed by atoms with Crippen molar-refractivity contribution in [2.24, 2.45) is 12.8 Å². The molecule has 7 heteroatoms. The minimum absolute atomic E-state index is 0.222. The summed E-state index contributed by atoms with van der Waals surface area (Å²) in [6.45, 7) is 4.32. The third kappa shape index (κ3) is 3.49. The number of nitrogens with zero attached hydrogens (tertiary/aromatic N) is 2. The second-order valence-electron chi connectivity index (χ2n) is 5.03. The molecule has 0 atom stereocenters. The van der Waals surface area contributed by atoms with Crippen molar-refractivity contribution in [1.29, 1.82) is 0 Å². The molecule has 1 aromatic carbocycles. The number of hydrogen-bond donors (Lipinski definition) is 2. The van der Waals surface area contributed by atoms with E-state index < -0.39 is 10.0 Å². The molecule has 114 valence electrons. The number of aryl methyl sites for hydroxylation is 3. The molecule has 0 saturated heterocycles. The number of nitrogens with two attached hydrogens (primary N) is 1. The van der Waals surface area contributed by atoms with E-state index in [0.717, 1.165) is 22.4 Å². The van der Waals surface area contributed by atoms with Crippen LogP contribution < -0.4 is 10.5 Å². The number of nitrogens with one attached hydrogen (secondary N) is 1. The maximum atomic E-state index is 12.3. The molecule has 21 heavy (non-hydrogen) atoms. The molecule has 2 rings (SSSR count). The SMILES string of the molecule is Cc1cc(S(=O)(=O)NCc2cn(C)nc2C)ccc1CN. The van der Waals surface area contributed by atoms with Gasteiger partial charge in [0.05, 0.1) is 10.6 Å². The average Bonchev–Trinajstić information content (AvgIpc) is 2.74. The van der Waals surface area contributed by atoms with E-state index in [-0.39, 0.29) is 11.4 Å². The van der Waals surface area contributed by atoms with Crippen molar-refractivity contribution in [3.8, 4) is 0 Å². The van der Waals surface area contributed by atoms with E-state index in [4.69, 9.17) is 5.73 Å². The van der Waals surface area contributed by atoms with Crippen molar-refractivity contribution in [2.45, 2.75) is 31.8 Å². The van der Waals surface area contributed by atoms with Crippen LogP contribution in [-0.4, -0.2) is 18.2 Å². The Hall–Kier alpha value is -1.70. The second-order valence-corrected chi connectivity index (χ2v) is 6.80. The average molecular weight is 308 g/mol. The Labute approximate surface area is 125 Å². The molecule has 2 aromatic rings. The molecule has 1 heterocycles. The lowest BCUT2D eigenvalue weighted by Crippen LogP contribution is -2.23. The highest BCUT2D eigenvalue weighted by molar-refractivity contribution is 7.89. The van der Waals surface area contributed by atoms with E-state index in [1.165, 1.54) is 0 Å². The molecule has 0 aliphatic rings. The third-order valence-corrected chi connectivity index (χ3v) is 4.81. The van der Waals surface area contributed by atoms with Crippen LogP contribution >= 0.6 is 0 Å². The minimum atomic E-state index is -3.54. The lowest BCUT2D eigenvalue weighted by Gasteiger charge is -2.09. The molecular formula is C14H20N4O2S. The Morgan fingerprint density at radius 1 is 1.29 bits per heavy atom.